The molecule has 0 aliphatic carbocycles. The Labute approximate surface area is 133 Å². The number of rotatable bonds is 5. The zero-order valence-electron chi connectivity index (χ0n) is 13.8. The first-order valence-corrected chi connectivity index (χ1v) is 6.86. The number of nitrogens with two attached hydrogens (primary N) is 2. The Kier molecular flexibility index (Phi) is 12.9. The van der Waals surface area contributed by atoms with Gasteiger partial charge in [-0.1, -0.05) is 28.2 Å². The first kappa shape index (κ1) is 25.5. The fraction of sp³-hybridized carbons (Fsp3) is 0.800. The van der Waals surface area contributed by atoms with Gasteiger partial charge < -0.3 is 21.9 Å². The maximum Gasteiger partial charge on any atom is 0.305 e. The summed E-state index contributed by atoms with van der Waals surface area (Å²) < 4.78 is 0. The van der Waals surface area contributed by atoms with Gasteiger partial charge in [-0.2, -0.15) is 0 Å². The van der Waals surface area contributed by atoms with Crippen molar-refractivity contribution in [3.05, 3.63) is 0 Å². The first-order chi connectivity index (χ1) is 9.28. The third-order valence-electron chi connectivity index (χ3n) is 2.44. The average Bonchev–Trinajstić information content (AvgIpc) is 2.25. The van der Waals surface area contributed by atoms with Crippen molar-refractivity contribution in [1.29, 1.82) is 0 Å². The van der Waals surface area contributed by atoms with Gasteiger partial charge in [0.25, 0.3) is 0 Å². The molecular weight excluding hydrogens is 286 g/mol. The van der Waals surface area contributed by atoms with E-state index in [0.717, 1.165) is 0 Å². The highest BCUT2D eigenvalue weighted by atomic mass is 16.4. The van der Waals surface area contributed by atoms with Crippen molar-refractivity contribution in [2.75, 3.05) is 0 Å². The average molecular weight is 319 g/mol. The molecule has 0 aliphatic rings. The zero-order valence-corrected chi connectivity index (χ0v) is 13.8. The van der Waals surface area contributed by atoms with Gasteiger partial charge in [-0.25, -0.2) is 0 Å². The standard InChI is InChI=1S/C7H14N2O3.C7H15NO.CH4/c1-4(3-6(10)11)9-7(12)5(2)8;1-5(8)6(9)7(2,3)4;/h4-5H,3,8H2,1-2H3,(H,9,12)(H,10,11);5H,8H2,1-4H3;1H4. The lowest BCUT2D eigenvalue weighted by molar-refractivity contribution is -0.137. The predicted molar refractivity (Wildman–Crippen MR) is 88.3 cm³/mol. The van der Waals surface area contributed by atoms with E-state index in [-0.39, 0.29) is 43.0 Å². The molecule has 3 unspecified atom stereocenters. The van der Waals surface area contributed by atoms with Crippen LogP contribution in [0.2, 0.25) is 0 Å². The summed E-state index contributed by atoms with van der Waals surface area (Å²) in [6, 6.07) is -1.30. The van der Waals surface area contributed by atoms with Gasteiger partial charge in [0.05, 0.1) is 18.5 Å². The summed E-state index contributed by atoms with van der Waals surface area (Å²) >= 11 is 0. The minimum Gasteiger partial charge on any atom is -0.481 e. The monoisotopic (exact) mass is 319 g/mol. The summed E-state index contributed by atoms with van der Waals surface area (Å²) in [7, 11) is 0. The Balaban J connectivity index is -0.000000326. The fourth-order valence-electron chi connectivity index (χ4n) is 1.37. The van der Waals surface area contributed by atoms with Crippen LogP contribution in [-0.2, 0) is 14.4 Å². The number of Topliss-reactive ketones (excluding diaryl/α,β-unsaturated/α-hetero) is 1. The molecule has 0 radical (unpaired) electrons. The minimum absolute atomic E-state index is 0. The van der Waals surface area contributed by atoms with Crippen LogP contribution in [0.1, 0.15) is 55.4 Å². The summed E-state index contributed by atoms with van der Waals surface area (Å²) in [6.07, 6.45) is -0.0849. The van der Waals surface area contributed by atoms with Crippen molar-refractivity contribution in [2.24, 2.45) is 16.9 Å². The summed E-state index contributed by atoms with van der Waals surface area (Å²) in [5.41, 5.74) is 10.3. The number of ketones is 1. The zero-order chi connectivity index (χ0) is 17.4. The lowest BCUT2D eigenvalue weighted by atomic mass is 9.87. The quantitative estimate of drug-likeness (QED) is 0.594. The fourth-order valence-corrected chi connectivity index (χ4v) is 1.37. The van der Waals surface area contributed by atoms with Crippen LogP contribution in [0.25, 0.3) is 0 Å². The minimum atomic E-state index is -0.938. The number of aliphatic carboxylic acids is 1. The van der Waals surface area contributed by atoms with Gasteiger partial charge in [0.2, 0.25) is 5.91 Å². The van der Waals surface area contributed by atoms with Gasteiger partial charge in [0.15, 0.2) is 5.78 Å². The number of carboxylic acid groups (broad SMARTS) is 1. The SMILES string of the molecule is C.CC(CC(=O)O)NC(=O)C(C)N.CC(N)C(=O)C(C)(C)C. The molecular formula is C15H33N3O4. The van der Waals surface area contributed by atoms with E-state index in [4.69, 9.17) is 16.6 Å². The van der Waals surface area contributed by atoms with E-state index < -0.39 is 12.0 Å². The van der Waals surface area contributed by atoms with E-state index in [9.17, 15) is 14.4 Å². The lowest BCUT2D eigenvalue weighted by Crippen LogP contribution is -2.43. The van der Waals surface area contributed by atoms with E-state index in [1.54, 1.807) is 20.8 Å². The molecule has 1 amide bonds. The third kappa shape index (κ3) is 13.5. The molecule has 3 atom stereocenters. The molecule has 0 aromatic heterocycles. The number of amides is 1. The van der Waals surface area contributed by atoms with Crippen LogP contribution in [-0.4, -0.2) is 40.9 Å². The van der Waals surface area contributed by atoms with Crippen LogP contribution in [0, 0.1) is 5.41 Å². The van der Waals surface area contributed by atoms with Gasteiger partial charge in [-0.3, -0.25) is 14.4 Å². The highest BCUT2D eigenvalue weighted by Crippen LogP contribution is 2.15. The molecule has 0 rings (SSSR count). The number of carbonyl (C=O) groups excluding carboxylic acids is 2. The molecule has 0 bridgehead atoms. The maximum absolute atomic E-state index is 11.0. The molecule has 6 N–H and O–H groups in total. The van der Waals surface area contributed by atoms with Gasteiger partial charge in [-0.15, -0.1) is 0 Å². The van der Waals surface area contributed by atoms with E-state index in [1.165, 1.54) is 0 Å². The van der Waals surface area contributed by atoms with Crippen molar-refractivity contribution in [3.8, 4) is 0 Å². The molecule has 7 nitrogen and oxygen atoms in total. The second-order valence-electron chi connectivity index (χ2n) is 6.20. The van der Waals surface area contributed by atoms with E-state index in [0.29, 0.717) is 0 Å². The second kappa shape index (κ2) is 11.1. The van der Waals surface area contributed by atoms with Crippen molar-refractivity contribution >= 4 is 17.7 Å². The van der Waals surface area contributed by atoms with Gasteiger partial charge in [0.1, 0.15) is 0 Å². The molecule has 0 spiro atoms. The highest BCUT2D eigenvalue weighted by molar-refractivity contribution is 5.88. The van der Waals surface area contributed by atoms with Crippen LogP contribution in [0.3, 0.4) is 0 Å². The molecule has 0 saturated heterocycles. The Bertz CT molecular complexity index is 360. The highest BCUT2D eigenvalue weighted by Gasteiger charge is 2.23. The molecule has 22 heavy (non-hydrogen) atoms. The van der Waals surface area contributed by atoms with Crippen LogP contribution < -0.4 is 16.8 Å². The van der Waals surface area contributed by atoms with Crippen molar-refractivity contribution < 1.29 is 19.5 Å². The van der Waals surface area contributed by atoms with Gasteiger partial charge in [-0.05, 0) is 20.8 Å². The number of carboxylic acids is 1. The van der Waals surface area contributed by atoms with Crippen LogP contribution >= 0.6 is 0 Å². The van der Waals surface area contributed by atoms with Gasteiger partial charge >= 0.3 is 5.97 Å². The Hall–Kier alpha value is -1.47. The predicted octanol–water partition coefficient (Wildman–Crippen LogP) is 0.898. The van der Waals surface area contributed by atoms with E-state index >= 15 is 0 Å². The maximum atomic E-state index is 11.0. The lowest BCUT2D eigenvalue weighted by Gasteiger charge is -2.18. The molecule has 0 heterocycles. The largest absolute Gasteiger partial charge is 0.481 e. The smallest absolute Gasteiger partial charge is 0.305 e. The molecule has 0 aliphatic heterocycles. The van der Waals surface area contributed by atoms with E-state index in [2.05, 4.69) is 5.32 Å². The molecule has 0 saturated carbocycles. The molecule has 0 aromatic carbocycles. The summed E-state index contributed by atoms with van der Waals surface area (Å²) in [5, 5.41) is 10.8. The first-order valence-electron chi connectivity index (χ1n) is 6.86. The van der Waals surface area contributed by atoms with E-state index in [1.807, 2.05) is 20.8 Å². The van der Waals surface area contributed by atoms with Crippen LogP contribution in [0.15, 0.2) is 0 Å². The van der Waals surface area contributed by atoms with Gasteiger partial charge in [0, 0.05) is 11.5 Å². The number of carbonyl (C=O) groups is 3. The topological polar surface area (TPSA) is 136 Å². The summed E-state index contributed by atoms with van der Waals surface area (Å²) in [5.74, 6) is -1.15. The third-order valence-corrected chi connectivity index (χ3v) is 2.44. The second-order valence-corrected chi connectivity index (χ2v) is 6.20. The van der Waals surface area contributed by atoms with Crippen LogP contribution in [0.5, 0.6) is 0 Å². The van der Waals surface area contributed by atoms with Crippen molar-refractivity contribution in [1.82, 2.24) is 5.32 Å². The summed E-state index contributed by atoms with van der Waals surface area (Å²) in [4.78, 5) is 32.1. The normalized spacial score (nSPS) is 14.4. The molecule has 132 valence electrons. The molecule has 0 fully saturated rings. The van der Waals surface area contributed by atoms with Crippen molar-refractivity contribution in [2.45, 2.75) is 73.5 Å². The molecule has 7 heteroatoms. The Morgan fingerprint density at radius 2 is 1.45 bits per heavy atom. The Morgan fingerprint density at radius 3 is 1.64 bits per heavy atom. The summed E-state index contributed by atoms with van der Waals surface area (Å²) in [6.45, 7) is 10.5. The molecule has 0 aromatic rings. The van der Waals surface area contributed by atoms with Crippen LogP contribution in [0.4, 0.5) is 0 Å². The number of hydrogen-bond acceptors (Lipinski definition) is 5. The number of nitrogens with one attached hydrogen (secondary N) is 1. The van der Waals surface area contributed by atoms with Crippen molar-refractivity contribution in [3.63, 3.8) is 0 Å². The Morgan fingerprint density at radius 1 is 1.05 bits per heavy atom. The number of hydrogen-bond donors (Lipinski definition) is 4.